The molecule has 4 rings (SSSR count). The number of aryl methyl sites for hydroxylation is 1. The van der Waals surface area contributed by atoms with E-state index in [1.54, 1.807) is 33.8 Å². The van der Waals surface area contributed by atoms with Gasteiger partial charge in [0.2, 0.25) is 0 Å². The van der Waals surface area contributed by atoms with Crippen LogP contribution in [0.25, 0.3) is 11.0 Å². The van der Waals surface area contributed by atoms with Crippen LogP contribution in [0.5, 0.6) is 5.75 Å². The van der Waals surface area contributed by atoms with Gasteiger partial charge in [-0.3, -0.25) is 14.2 Å². The number of amides is 1. The van der Waals surface area contributed by atoms with Crippen LogP contribution in [-0.4, -0.2) is 38.4 Å². The third-order valence-corrected chi connectivity index (χ3v) is 5.10. The van der Waals surface area contributed by atoms with E-state index < -0.39 is 0 Å². The third-order valence-electron chi connectivity index (χ3n) is 5.10. The van der Waals surface area contributed by atoms with Crippen LogP contribution in [0.4, 0.5) is 0 Å². The number of nitrogens with zero attached hydrogens (tertiary/aromatic N) is 4. The maximum absolute atomic E-state index is 12.9. The molecule has 0 saturated carbocycles. The van der Waals surface area contributed by atoms with Gasteiger partial charge in [0.05, 0.1) is 31.5 Å². The molecule has 8 heteroatoms. The third kappa shape index (κ3) is 4.54. The molecule has 2 aromatic carbocycles. The lowest BCUT2D eigenvalue weighted by molar-refractivity contribution is 0.0948. The lowest BCUT2D eigenvalue weighted by Crippen LogP contribution is -2.28. The van der Waals surface area contributed by atoms with Gasteiger partial charge in [0.25, 0.3) is 11.5 Å². The van der Waals surface area contributed by atoms with Crippen molar-refractivity contribution in [2.45, 2.75) is 26.9 Å². The van der Waals surface area contributed by atoms with Crippen LogP contribution < -0.4 is 15.6 Å². The second-order valence-corrected chi connectivity index (χ2v) is 7.46. The van der Waals surface area contributed by atoms with Gasteiger partial charge in [-0.1, -0.05) is 42.0 Å². The Morgan fingerprint density at radius 1 is 1.16 bits per heavy atom. The molecule has 0 aliphatic rings. The molecule has 1 N–H and O–H groups in total. The van der Waals surface area contributed by atoms with E-state index >= 15 is 0 Å². The van der Waals surface area contributed by atoms with Crippen molar-refractivity contribution in [3.8, 4) is 5.75 Å². The summed E-state index contributed by atoms with van der Waals surface area (Å²) in [6.07, 6.45) is 3.08. The molecule has 2 aromatic heterocycles. The van der Waals surface area contributed by atoms with Crippen molar-refractivity contribution in [1.29, 1.82) is 0 Å². The smallest absolute Gasteiger partial charge is 0.264 e. The molecule has 164 valence electrons. The van der Waals surface area contributed by atoms with Gasteiger partial charge >= 0.3 is 0 Å². The Morgan fingerprint density at radius 3 is 2.81 bits per heavy atom. The number of fused-ring (bicyclic) bond motifs is 1. The van der Waals surface area contributed by atoms with E-state index in [2.05, 4.69) is 15.4 Å². The van der Waals surface area contributed by atoms with Crippen LogP contribution >= 0.6 is 0 Å². The summed E-state index contributed by atoms with van der Waals surface area (Å²) in [5, 5.41) is 7.63. The van der Waals surface area contributed by atoms with Crippen molar-refractivity contribution in [3.63, 3.8) is 0 Å². The van der Waals surface area contributed by atoms with Crippen LogP contribution in [0.15, 0.2) is 65.8 Å². The van der Waals surface area contributed by atoms with Crippen molar-refractivity contribution in [1.82, 2.24) is 24.6 Å². The van der Waals surface area contributed by atoms with Crippen molar-refractivity contribution < 1.29 is 9.53 Å². The average Bonchev–Trinajstić information content (AvgIpc) is 3.20. The van der Waals surface area contributed by atoms with Gasteiger partial charge in [0, 0.05) is 6.54 Å². The molecule has 0 spiro atoms. The fraction of sp³-hybridized carbons (Fsp3) is 0.250. The monoisotopic (exact) mass is 431 g/mol. The number of hydrogen-bond donors (Lipinski definition) is 1. The van der Waals surface area contributed by atoms with E-state index in [-0.39, 0.29) is 11.5 Å². The van der Waals surface area contributed by atoms with Gasteiger partial charge in [0.1, 0.15) is 17.5 Å². The largest absolute Gasteiger partial charge is 0.493 e. The Bertz CT molecular complexity index is 1310. The lowest BCUT2D eigenvalue weighted by Gasteiger charge is -2.11. The number of ether oxygens (including phenoxy) is 1. The number of nitrogens with one attached hydrogen (secondary N) is 1. The molecule has 0 bridgehead atoms. The lowest BCUT2D eigenvalue weighted by atomic mass is 10.1. The number of para-hydroxylation sites is 1. The first-order valence-corrected chi connectivity index (χ1v) is 10.5. The summed E-state index contributed by atoms with van der Waals surface area (Å²) in [5.74, 6) is 0.326. The summed E-state index contributed by atoms with van der Waals surface area (Å²) in [6.45, 7) is 5.55. The molecule has 0 aliphatic carbocycles. The first-order chi connectivity index (χ1) is 15.6. The normalized spacial score (nSPS) is 10.9. The summed E-state index contributed by atoms with van der Waals surface area (Å²) < 4.78 is 8.72. The highest BCUT2D eigenvalue weighted by molar-refractivity contribution is 5.96. The quantitative estimate of drug-likeness (QED) is 0.463. The molecule has 0 aliphatic heterocycles. The summed E-state index contributed by atoms with van der Waals surface area (Å²) >= 11 is 0. The van der Waals surface area contributed by atoms with Crippen molar-refractivity contribution in [3.05, 3.63) is 88.1 Å². The van der Waals surface area contributed by atoms with Gasteiger partial charge < -0.3 is 10.1 Å². The first-order valence-electron chi connectivity index (χ1n) is 10.5. The molecular weight excluding hydrogens is 406 g/mol. The maximum atomic E-state index is 12.9. The first kappa shape index (κ1) is 21.3. The van der Waals surface area contributed by atoms with Crippen LogP contribution in [0.3, 0.4) is 0 Å². The molecular formula is C24H25N5O3. The topological polar surface area (TPSA) is 91.0 Å². The maximum Gasteiger partial charge on any atom is 0.264 e. The Morgan fingerprint density at radius 2 is 2.00 bits per heavy atom. The molecule has 32 heavy (non-hydrogen) atoms. The van der Waals surface area contributed by atoms with Gasteiger partial charge in [-0.05, 0) is 31.5 Å². The van der Waals surface area contributed by atoms with Crippen LogP contribution in [0.1, 0.15) is 28.4 Å². The summed E-state index contributed by atoms with van der Waals surface area (Å²) in [4.78, 5) is 29.9. The minimum Gasteiger partial charge on any atom is -0.493 e. The molecule has 0 unspecified atom stereocenters. The molecule has 4 aromatic rings. The zero-order valence-corrected chi connectivity index (χ0v) is 18.1. The van der Waals surface area contributed by atoms with Crippen molar-refractivity contribution in [2.75, 3.05) is 13.2 Å². The molecule has 0 atom stereocenters. The summed E-state index contributed by atoms with van der Waals surface area (Å²) in [6, 6.07) is 15.1. The average molecular weight is 431 g/mol. The number of benzene rings is 2. The number of carbonyl (C=O) groups excluding carboxylic acids is 1. The van der Waals surface area contributed by atoms with Gasteiger partial charge in [-0.2, -0.15) is 5.10 Å². The minimum atomic E-state index is -0.223. The van der Waals surface area contributed by atoms with E-state index in [4.69, 9.17) is 4.74 Å². The highest BCUT2D eigenvalue weighted by Gasteiger charge is 2.13. The molecule has 0 fully saturated rings. The standard InChI is InChI=1S/C24H25N5O3/c1-3-32-21-10-5-4-9-19(21)23(30)25-11-12-29-22-20(14-27-29)24(31)28(16-26-22)15-18-8-6-7-17(2)13-18/h4-10,13-14,16H,3,11-12,15H2,1-2H3,(H,25,30). The Labute approximate surface area is 185 Å². The molecule has 0 saturated heterocycles. The van der Waals surface area contributed by atoms with Gasteiger partial charge in [-0.25, -0.2) is 9.67 Å². The summed E-state index contributed by atoms with van der Waals surface area (Å²) in [5.41, 5.74) is 3.02. The Hall–Kier alpha value is -3.94. The van der Waals surface area contributed by atoms with E-state index in [1.165, 1.54) is 6.20 Å². The van der Waals surface area contributed by atoms with Crippen LogP contribution in [0.2, 0.25) is 0 Å². The van der Waals surface area contributed by atoms with Gasteiger partial charge in [0.15, 0.2) is 5.65 Å². The van der Waals surface area contributed by atoms with E-state index in [0.29, 0.717) is 48.6 Å². The zero-order valence-electron chi connectivity index (χ0n) is 18.1. The highest BCUT2D eigenvalue weighted by Crippen LogP contribution is 2.17. The number of carbonyl (C=O) groups is 1. The van der Waals surface area contributed by atoms with Crippen molar-refractivity contribution >= 4 is 16.9 Å². The van der Waals surface area contributed by atoms with Crippen LogP contribution in [-0.2, 0) is 13.1 Å². The summed E-state index contributed by atoms with van der Waals surface area (Å²) in [7, 11) is 0. The van der Waals surface area contributed by atoms with Gasteiger partial charge in [-0.15, -0.1) is 0 Å². The number of rotatable bonds is 8. The van der Waals surface area contributed by atoms with Crippen LogP contribution in [0, 0.1) is 6.92 Å². The Kier molecular flexibility index (Phi) is 6.30. The predicted molar refractivity (Wildman–Crippen MR) is 122 cm³/mol. The van der Waals surface area contributed by atoms with E-state index in [9.17, 15) is 9.59 Å². The van der Waals surface area contributed by atoms with E-state index in [0.717, 1.165) is 11.1 Å². The fourth-order valence-electron chi connectivity index (χ4n) is 3.59. The fourth-order valence-corrected chi connectivity index (χ4v) is 3.59. The number of aromatic nitrogens is 4. The SMILES string of the molecule is CCOc1ccccc1C(=O)NCCn1ncc2c(=O)n(Cc3cccc(C)c3)cnc21. The number of hydrogen-bond acceptors (Lipinski definition) is 5. The predicted octanol–water partition coefficient (Wildman–Crippen LogP) is 2.78. The zero-order chi connectivity index (χ0) is 22.5. The van der Waals surface area contributed by atoms with Crippen molar-refractivity contribution in [2.24, 2.45) is 0 Å². The molecule has 0 radical (unpaired) electrons. The second-order valence-electron chi connectivity index (χ2n) is 7.46. The minimum absolute atomic E-state index is 0.141. The molecule has 2 heterocycles. The van der Waals surface area contributed by atoms with E-state index in [1.807, 2.05) is 44.2 Å². The molecule has 8 nitrogen and oxygen atoms in total. The second kappa shape index (κ2) is 9.47. The Balaban J connectivity index is 1.45. The molecule has 1 amide bonds. The highest BCUT2D eigenvalue weighted by atomic mass is 16.5.